The van der Waals surface area contributed by atoms with Crippen molar-refractivity contribution in [1.82, 2.24) is 9.88 Å². The molecule has 0 aliphatic heterocycles. The molecule has 0 radical (unpaired) electrons. The van der Waals surface area contributed by atoms with Gasteiger partial charge in [-0.1, -0.05) is 12.1 Å². The van der Waals surface area contributed by atoms with Gasteiger partial charge in [0, 0.05) is 11.6 Å². The van der Waals surface area contributed by atoms with Gasteiger partial charge in [-0.2, -0.15) is 0 Å². The number of nitrogens with one attached hydrogen (secondary N) is 2. The highest BCUT2D eigenvalue weighted by Gasteiger charge is 2.18. The van der Waals surface area contributed by atoms with Crippen LogP contribution in [0.3, 0.4) is 0 Å². The van der Waals surface area contributed by atoms with Crippen LogP contribution < -0.4 is 16.4 Å². The molecule has 1 heterocycles. The Kier molecular flexibility index (Phi) is 5.08. The largest absolute Gasteiger partial charge is 0.449 e. The number of carbonyl (C=O) groups excluding carboxylic acids is 3. The van der Waals surface area contributed by atoms with Crippen molar-refractivity contribution in [2.24, 2.45) is 5.73 Å². The van der Waals surface area contributed by atoms with Crippen LogP contribution in [0.5, 0.6) is 0 Å². The Labute approximate surface area is 138 Å². The fourth-order valence-corrected chi connectivity index (χ4v) is 2.21. The lowest BCUT2D eigenvalue weighted by Gasteiger charge is -2.10. The minimum absolute atomic E-state index is 0.240. The second-order valence-corrected chi connectivity index (χ2v) is 5.35. The van der Waals surface area contributed by atoms with Crippen molar-refractivity contribution >= 4 is 34.6 Å². The van der Waals surface area contributed by atoms with Crippen LogP contribution in [0.2, 0.25) is 0 Å². The molecule has 24 heavy (non-hydrogen) atoms. The first kappa shape index (κ1) is 17.3. The number of rotatable bonds is 4. The van der Waals surface area contributed by atoms with Gasteiger partial charge < -0.3 is 21.1 Å². The predicted octanol–water partition coefficient (Wildman–Crippen LogP) is 1.95. The smallest absolute Gasteiger partial charge is 0.418 e. The van der Waals surface area contributed by atoms with E-state index in [0.29, 0.717) is 16.6 Å². The maximum absolute atomic E-state index is 12.1. The number of hydrogen-bond donors (Lipinski definition) is 3. The number of urea groups is 1. The molecule has 1 atom stereocenters. The van der Waals surface area contributed by atoms with E-state index in [2.05, 4.69) is 10.6 Å². The minimum atomic E-state index is -0.814. The Morgan fingerprint density at radius 1 is 1.33 bits per heavy atom. The van der Waals surface area contributed by atoms with Crippen LogP contribution in [-0.2, 0) is 9.53 Å². The fraction of sp³-hybridized carbons (Fsp3) is 0.312. The van der Waals surface area contributed by atoms with Gasteiger partial charge in [-0.25, -0.2) is 9.59 Å². The average Bonchev–Trinajstić information content (AvgIpc) is 2.85. The Hall–Kier alpha value is -3.03. The summed E-state index contributed by atoms with van der Waals surface area (Å²) in [5, 5.41) is 5.72. The highest BCUT2D eigenvalue weighted by molar-refractivity contribution is 6.05. The number of primary amides is 1. The molecule has 1 aromatic heterocycles. The lowest BCUT2D eigenvalue weighted by Crippen LogP contribution is -2.44. The number of aromatic nitrogens is 1. The average molecular weight is 332 g/mol. The molecule has 3 amide bonds. The predicted molar refractivity (Wildman–Crippen MR) is 89.9 cm³/mol. The van der Waals surface area contributed by atoms with E-state index in [4.69, 9.17) is 10.5 Å². The number of nitrogens with zero attached hydrogens (tertiary/aromatic N) is 1. The number of fused-ring (bicyclic) bond motifs is 1. The highest BCUT2D eigenvalue weighted by atomic mass is 16.5. The summed E-state index contributed by atoms with van der Waals surface area (Å²) in [7, 11) is 0. The lowest BCUT2D eigenvalue weighted by atomic mass is 10.2. The number of aryl methyl sites for hydroxylation is 1. The molecular weight excluding hydrogens is 312 g/mol. The fourth-order valence-electron chi connectivity index (χ4n) is 2.21. The monoisotopic (exact) mass is 332 g/mol. The van der Waals surface area contributed by atoms with Gasteiger partial charge in [0.05, 0.1) is 17.8 Å². The Balaban J connectivity index is 2.35. The third-order valence-corrected chi connectivity index (χ3v) is 3.45. The zero-order valence-corrected chi connectivity index (χ0v) is 13.8. The molecule has 0 saturated carbocycles. The van der Waals surface area contributed by atoms with Gasteiger partial charge in [-0.05, 0) is 32.4 Å². The van der Waals surface area contributed by atoms with Crippen LogP contribution in [0.15, 0.2) is 24.4 Å². The standard InChI is InChI=1S/C16H20N4O4/c1-4-24-16(23)20-8-12(11-6-5-9(2)7-13(11)20)19-15(22)18-10(3)14(17)21/h5-8,10H,4H2,1-3H3,(H2,17,21)(H2,18,19,22). The zero-order valence-electron chi connectivity index (χ0n) is 13.8. The normalized spacial score (nSPS) is 11.8. The summed E-state index contributed by atoms with van der Waals surface area (Å²) < 4.78 is 6.36. The van der Waals surface area contributed by atoms with Crippen LogP contribution in [0.4, 0.5) is 15.3 Å². The minimum Gasteiger partial charge on any atom is -0.449 e. The molecule has 128 valence electrons. The molecule has 1 aromatic carbocycles. The zero-order chi connectivity index (χ0) is 17.9. The van der Waals surface area contributed by atoms with Gasteiger partial charge in [0.15, 0.2) is 0 Å². The van der Waals surface area contributed by atoms with Crippen molar-refractivity contribution in [1.29, 1.82) is 0 Å². The molecule has 0 spiro atoms. The van der Waals surface area contributed by atoms with E-state index in [9.17, 15) is 14.4 Å². The van der Waals surface area contributed by atoms with Gasteiger partial charge in [-0.3, -0.25) is 9.36 Å². The van der Waals surface area contributed by atoms with Crippen molar-refractivity contribution in [3.05, 3.63) is 30.0 Å². The summed E-state index contributed by atoms with van der Waals surface area (Å²) in [6, 6.07) is 4.08. The van der Waals surface area contributed by atoms with E-state index >= 15 is 0 Å². The summed E-state index contributed by atoms with van der Waals surface area (Å²) in [4.78, 5) is 35.1. The van der Waals surface area contributed by atoms with Crippen LogP contribution in [0, 0.1) is 6.92 Å². The lowest BCUT2D eigenvalue weighted by molar-refractivity contribution is -0.119. The number of anilines is 1. The maximum atomic E-state index is 12.1. The van der Waals surface area contributed by atoms with E-state index in [0.717, 1.165) is 5.56 Å². The van der Waals surface area contributed by atoms with Crippen LogP contribution in [0.25, 0.3) is 10.9 Å². The molecule has 8 heteroatoms. The molecule has 0 saturated heterocycles. The summed E-state index contributed by atoms with van der Waals surface area (Å²) in [6.45, 7) is 5.33. The molecule has 2 rings (SSSR count). The summed E-state index contributed by atoms with van der Waals surface area (Å²) in [5.41, 5.74) is 7.12. The highest BCUT2D eigenvalue weighted by Crippen LogP contribution is 2.27. The number of hydrogen-bond acceptors (Lipinski definition) is 4. The topological polar surface area (TPSA) is 115 Å². The van der Waals surface area contributed by atoms with E-state index in [1.807, 2.05) is 19.1 Å². The van der Waals surface area contributed by atoms with Crippen molar-refractivity contribution in [2.45, 2.75) is 26.8 Å². The van der Waals surface area contributed by atoms with Gasteiger partial charge >= 0.3 is 12.1 Å². The third-order valence-electron chi connectivity index (χ3n) is 3.45. The van der Waals surface area contributed by atoms with Gasteiger partial charge in [0.1, 0.15) is 6.04 Å². The van der Waals surface area contributed by atoms with Gasteiger partial charge in [0.25, 0.3) is 0 Å². The Bertz CT molecular complexity index is 797. The summed E-state index contributed by atoms with van der Waals surface area (Å²) in [5.74, 6) is -0.644. The SMILES string of the molecule is CCOC(=O)n1cc(NC(=O)NC(C)C(N)=O)c2ccc(C)cc21. The molecule has 1 unspecified atom stereocenters. The van der Waals surface area contributed by atoms with Crippen LogP contribution in [-0.4, -0.2) is 35.2 Å². The van der Waals surface area contributed by atoms with Crippen molar-refractivity contribution < 1.29 is 19.1 Å². The molecule has 8 nitrogen and oxygen atoms in total. The van der Waals surface area contributed by atoms with Crippen LogP contribution in [0.1, 0.15) is 19.4 Å². The Morgan fingerprint density at radius 2 is 2.04 bits per heavy atom. The maximum Gasteiger partial charge on any atom is 0.418 e. The quantitative estimate of drug-likeness (QED) is 0.793. The molecular formula is C16H20N4O4. The Morgan fingerprint density at radius 3 is 2.67 bits per heavy atom. The molecule has 0 aliphatic carbocycles. The second kappa shape index (κ2) is 7.03. The molecule has 2 aromatic rings. The third kappa shape index (κ3) is 3.65. The first-order valence-electron chi connectivity index (χ1n) is 7.49. The van der Waals surface area contributed by atoms with Crippen molar-refractivity contribution in [2.75, 3.05) is 11.9 Å². The first-order valence-corrected chi connectivity index (χ1v) is 7.49. The van der Waals surface area contributed by atoms with Gasteiger partial charge in [-0.15, -0.1) is 0 Å². The molecule has 4 N–H and O–H groups in total. The first-order chi connectivity index (χ1) is 11.3. The second-order valence-electron chi connectivity index (χ2n) is 5.35. The molecule has 0 fully saturated rings. The number of carbonyl (C=O) groups is 3. The number of amides is 3. The van der Waals surface area contributed by atoms with Crippen molar-refractivity contribution in [3.8, 4) is 0 Å². The molecule has 0 bridgehead atoms. The van der Waals surface area contributed by atoms with E-state index in [1.54, 1.807) is 13.0 Å². The number of ether oxygens (including phenoxy) is 1. The van der Waals surface area contributed by atoms with Crippen LogP contribution >= 0.6 is 0 Å². The molecule has 0 aliphatic rings. The van der Waals surface area contributed by atoms with Crippen molar-refractivity contribution in [3.63, 3.8) is 0 Å². The van der Waals surface area contributed by atoms with Gasteiger partial charge in [0.2, 0.25) is 5.91 Å². The number of benzene rings is 1. The van der Waals surface area contributed by atoms with E-state index in [1.165, 1.54) is 17.7 Å². The number of nitrogens with two attached hydrogens (primary N) is 1. The summed E-state index contributed by atoms with van der Waals surface area (Å²) >= 11 is 0. The van der Waals surface area contributed by atoms with E-state index < -0.39 is 24.1 Å². The van der Waals surface area contributed by atoms with E-state index in [-0.39, 0.29) is 6.61 Å². The summed E-state index contributed by atoms with van der Waals surface area (Å²) in [6.07, 6.45) is 0.948.